The first-order valence-electron chi connectivity index (χ1n) is 11.1. The van der Waals surface area contributed by atoms with Gasteiger partial charge < -0.3 is 23.4 Å². The van der Waals surface area contributed by atoms with Gasteiger partial charge in [-0.05, 0) is 47.5 Å². The van der Waals surface area contributed by atoms with Crippen LogP contribution < -0.4 is 14.2 Å². The molecule has 1 unspecified atom stereocenters. The Morgan fingerprint density at radius 3 is 2.33 bits per heavy atom. The van der Waals surface area contributed by atoms with Crippen LogP contribution in [0.4, 0.5) is 0 Å². The van der Waals surface area contributed by atoms with E-state index in [1.807, 2.05) is 12.1 Å². The van der Waals surface area contributed by atoms with Crippen LogP contribution in [-0.4, -0.2) is 50.5 Å². The van der Waals surface area contributed by atoms with Crippen LogP contribution in [0, 0.1) is 0 Å². The summed E-state index contributed by atoms with van der Waals surface area (Å²) in [7, 11) is 4.47. The molecule has 188 valence electrons. The van der Waals surface area contributed by atoms with Gasteiger partial charge >= 0.3 is 5.97 Å². The smallest absolute Gasteiger partial charge is 0.310 e. The highest BCUT2D eigenvalue weighted by Gasteiger charge is 2.35. The van der Waals surface area contributed by atoms with E-state index in [1.165, 1.54) is 32.6 Å². The molecule has 0 saturated carbocycles. The number of furan rings is 1. The lowest BCUT2D eigenvalue weighted by Crippen LogP contribution is -2.31. The number of ether oxygens (including phenoxy) is 4. The summed E-state index contributed by atoms with van der Waals surface area (Å²) in [5.74, 6) is 0.766. The number of amides is 1. The minimum absolute atomic E-state index is 0.0924. The molecule has 0 N–H and O–H groups in total. The molecule has 0 radical (unpaired) electrons. The van der Waals surface area contributed by atoms with Crippen LogP contribution in [0.3, 0.4) is 0 Å². The van der Waals surface area contributed by atoms with Crippen LogP contribution in [0.15, 0.2) is 64.3 Å². The number of nitrogens with zero attached hydrogens (tertiary/aromatic N) is 2. The Morgan fingerprint density at radius 1 is 1.06 bits per heavy atom. The van der Waals surface area contributed by atoms with Gasteiger partial charge in [0, 0.05) is 11.4 Å². The fourth-order valence-electron chi connectivity index (χ4n) is 3.92. The lowest BCUT2D eigenvalue weighted by Gasteiger charge is -2.19. The van der Waals surface area contributed by atoms with Gasteiger partial charge in [0.1, 0.15) is 11.8 Å². The van der Waals surface area contributed by atoms with Gasteiger partial charge in [-0.2, -0.15) is 5.10 Å². The average Bonchev–Trinajstić information content (AvgIpc) is 3.57. The van der Waals surface area contributed by atoms with Gasteiger partial charge in [0.15, 0.2) is 18.1 Å². The zero-order valence-corrected chi connectivity index (χ0v) is 20.8. The number of rotatable bonds is 9. The number of esters is 1. The standard InChI is InChI=1S/C26H25ClN2O7/c1-32-22-11-16(12-23(33-2)26(22)34-3)13-25(31)36-15-24(30)29-20(21-5-4-10-35-21)14-19(28-29)17-6-8-18(27)9-7-17/h4-12,20H,13-15H2,1-3H3. The molecule has 1 aliphatic heterocycles. The van der Waals surface area contributed by atoms with Crippen LogP contribution in [0.1, 0.15) is 29.3 Å². The summed E-state index contributed by atoms with van der Waals surface area (Å²) in [5.41, 5.74) is 2.12. The lowest BCUT2D eigenvalue weighted by molar-refractivity contribution is -0.152. The minimum Gasteiger partial charge on any atom is -0.493 e. The molecule has 2 heterocycles. The van der Waals surface area contributed by atoms with Gasteiger partial charge in [-0.25, -0.2) is 5.01 Å². The highest BCUT2D eigenvalue weighted by molar-refractivity contribution is 6.30. The second-order valence-electron chi connectivity index (χ2n) is 7.90. The van der Waals surface area contributed by atoms with Crippen molar-refractivity contribution in [1.29, 1.82) is 0 Å². The van der Waals surface area contributed by atoms with Crippen LogP contribution in [0.25, 0.3) is 0 Å². The maximum atomic E-state index is 13.0. The molecule has 0 spiro atoms. The average molecular weight is 513 g/mol. The Hall–Kier alpha value is -3.98. The van der Waals surface area contributed by atoms with Crippen molar-refractivity contribution in [3.63, 3.8) is 0 Å². The largest absolute Gasteiger partial charge is 0.493 e. The first-order valence-corrected chi connectivity index (χ1v) is 11.4. The Bertz CT molecular complexity index is 1230. The van der Waals surface area contributed by atoms with Gasteiger partial charge in [0.05, 0.1) is 39.7 Å². The molecule has 0 bridgehead atoms. The molecule has 2 aromatic carbocycles. The summed E-state index contributed by atoms with van der Waals surface area (Å²) in [5, 5.41) is 6.42. The number of hydrogen-bond acceptors (Lipinski definition) is 8. The third-order valence-electron chi connectivity index (χ3n) is 5.64. The fourth-order valence-corrected chi connectivity index (χ4v) is 4.05. The number of benzene rings is 2. The third kappa shape index (κ3) is 5.46. The first kappa shape index (κ1) is 25.1. The molecule has 36 heavy (non-hydrogen) atoms. The van der Waals surface area contributed by atoms with Crippen molar-refractivity contribution in [2.45, 2.75) is 18.9 Å². The zero-order chi connectivity index (χ0) is 25.7. The third-order valence-corrected chi connectivity index (χ3v) is 5.90. The lowest BCUT2D eigenvalue weighted by atomic mass is 10.0. The van der Waals surface area contributed by atoms with E-state index in [0.29, 0.717) is 45.7 Å². The zero-order valence-electron chi connectivity index (χ0n) is 20.0. The number of methoxy groups -OCH3 is 3. The number of hydrogen-bond donors (Lipinski definition) is 0. The predicted octanol–water partition coefficient (Wildman–Crippen LogP) is 4.42. The van der Waals surface area contributed by atoms with Gasteiger partial charge in [0.25, 0.3) is 5.91 Å². The summed E-state index contributed by atoms with van der Waals surface area (Å²) < 4.78 is 26.8. The number of carbonyl (C=O) groups excluding carboxylic acids is 2. The van der Waals surface area contributed by atoms with Crippen molar-refractivity contribution in [1.82, 2.24) is 5.01 Å². The molecule has 3 aromatic rings. The van der Waals surface area contributed by atoms with E-state index < -0.39 is 24.5 Å². The van der Waals surface area contributed by atoms with Gasteiger partial charge in [-0.1, -0.05) is 23.7 Å². The van der Waals surface area contributed by atoms with Gasteiger partial charge in [-0.15, -0.1) is 0 Å². The van der Waals surface area contributed by atoms with E-state index in [1.54, 1.807) is 36.4 Å². The highest BCUT2D eigenvalue weighted by Crippen LogP contribution is 2.38. The first-order chi connectivity index (χ1) is 17.4. The van der Waals surface area contributed by atoms with Crippen LogP contribution in [-0.2, 0) is 20.7 Å². The van der Waals surface area contributed by atoms with E-state index in [9.17, 15) is 9.59 Å². The van der Waals surface area contributed by atoms with Crippen molar-refractivity contribution in [3.8, 4) is 17.2 Å². The van der Waals surface area contributed by atoms with Crippen molar-refractivity contribution >= 4 is 29.2 Å². The summed E-state index contributed by atoms with van der Waals surface area (Å²) >= 11 is 6.00. The number of carbonyl (C=O) groups is 2. The molecule has 10 heteroatoms. The second-order valence-corrected chi connectivity index (χ2v) is 8.33. The molecule has 9 nitrogen and oxygen atoms in total. The molecule has 4 rings (SSSR count). The highest BCUT2D eigenvalue weighted by atomic mass is 35.5. The summed E-state index contributed by atoms with van der Waals surface area (Å²) in [4.78, 5) is 25.6. The topological polar surface area (TPSA) is 99.8 Å². The van der Waals surface area contributed by atoms with E-state index >= 15 is 0 Å². The summed E-state index contributed by atoms with van der Waals surface area (Å²) in [6.07, 6.45) is 1.89. The number of halogens is 1. The van der Waals surface area contributed by atoms with Crippen LogP contribution in [0.2, 0.25) is 5.02 Å². The summed E-state index contributed by atoms with van der Waals surface area (Å²) in [6.45, 7) is -0.474. The SMILES string of the molecule is COc1cc(CC(=O)OCC(=O)N2N=C(c3ccc(Cl)cc3)CC2c2ccco2)cc(OC)c1OC. The molecule has 1 atom stereocenters. The van der Waals surface area contributed by atoms with Crippen molar-refractivity contribution in [3.05, 3.63) is 76.7 Å². The van der Waals surface area contributed by atoms with Crippen molar-refractivity contribution < 1.29 is 33.0 Å². The second kappa shape index (κ2) is 11.2. The fraction of sp³-hybridized carbons (Fsp3) is 0.269. The Balaban J connectivity index is 1.45. The van der Waals surface area contributed by atoms with E-state index in [-0.39, 0.29) is 6.42 Å². The Morgan fingerprint density at radius 2 is 1.75 bits per heavy atom. The molecule has 0 fully saturated rings. The van der Waals surface area contributed by atoms with Crippen molar-refractivity contribution in [2.24, 2.45) is 5.10 Å². The molecule has 1 aromatic heterocycles. The molecule has 1 amide bonds. The predicted molar refractivity (Wildman–Crippen MR) is 132 cm³/mol. The minimum atomic E-state index is -0.590. The Labute approximate surface area is 213 Å². The van der Waals surface area contributed by atoms with Gasteiger partial charge in [0.2, 0.25) is 5.75 Å². The maximum absolute atomic E-state index is 13.0. The molecular formula is C26H25ClN2O7. The normalized spacial score (nSPS) is 14.8. The van der Waals surface area contributed by atoms with E-state index in [0.717, 1.165) is 5.56 Å². The Kier molecular flexibility index (Phi) is 7.80. The quantitative estimate of drug-likeness (QED) is 0.391. The molecule has 0 saturated heterocycles. The number of hydrazone groups is 1. The van der Waals surface area contributed by atoms with Crippen molar-refractivity contribution in [2.75, 3.05) is 27.9 Å². The van der Waals surface area contributed by atoms with Gasteiger partial charge in [-0.3, -0.25) is 9.59 Å². The van der Waals surface area contributed by atoms with Crippen LogP contribution in [0.5, 0.6) is 17.2 Å². The van der Waals surface area contributed by atoms with E-state index in [2.05, 4.69) is 5.10 Å². The summed E-state index contributed by atoms with van der Waals surface area (Å²) in [6, 6.07) is 13.6. The molecular weight excluding hydrogens is 488 g/mol. The molecule has 0 aliphatic carbocycles. The molecule has 1 aliphatic rings. The maximum Gasteiger partial charge on any atom is 0.310 e. The van der Waals surface area contributed by atoms with E-state index in [4.69, 9.17) is 35.0 Å². The monoisotopic (exact) mass is 512 g/mol. The van der Waals surface area contributed by atoms with Crippen LogP contribution >= 0.6 is 11.6 Å².